The molecule has 0 bridgehead atoms. The van der Waals surface area contributed by atoms with Gasteiger partial charge in [0.2, 0.25) is 0 Å². The number of nitro benzene ring substituents is 1. The van der Waals surface area contributed by atoms with Crippen LogP contribution in [-0.4, -0.2) is 30.0 Å². The molecule has 0 saturated carbocycles. The number of ketones is 1. The lowest BCUT2D eigenvalue weighted by molar-refractivity contribution is -0.384. The zero-order valence-corrected chi connectivity index (χ0v) is 13.9. The van der Waals surface area contributed by atoms with Crippen LogP contribution in [-0.2, 0) is 4.74 Å². The summed E-state index contributed by atoms with van der Waals surface area (Å²) in [6.07, 6.45) is 0.159. The van der Waals surface area contributed by atoms with Gasteiger partial charge in [0.1, 0.15) is 29.8 Å². The second-order valence-corrected chi connectivity index (χ2v) is 6.09. The van der Waals surface area contributed by atoms with Crippen LogP contribution in [0.2, 0.25) is 0 Å². The number of furan rings is 1. The summed E-state index contributed by atoms with van der Waals surface area (Å²) in [5, 5.41) is 11.5. The van der Waals surface area contributed by atoms with Gasteiger partial charge in [0.05, 0.1) is 17.1 Å². The molecule has 0 amide bonds. The fourth-order valence-corrected chi connectivity index (χ4v) is 2.80. The van der Waals surface area contributed by atoms with Crippen LogP contribution in [0, 0.1) is 17.0 Å². The highest BCUT2D eigenvalue weighted by atomic mass is 16.6. The van der Waals surface area contributed by atoms with E-state index in [2.05, 4.69) is 0 Å². The number of nitrogens with zero attached hydrogens (tertiary/aromatic N) is 1. The molecule has 0 spiro atoms. The molecule has 1 atom stereocenters. The molecule has 2 aromatic carbocycles. The Morgan fingerprint density at radius 1 is 1.27 bits per heavy atom. The highest BCUT2D eigenvalue weighted by molar-refractivity contribution is 6.17. The highest BCUT2D eigenvalue weighted by Gasteiger charge is 2.24. The van der Waals surface area contributed by atoms with Crippen molar-refractivity contribution in [2.45, 2.75) is 13.0 Å². The number of ether oxygens (including phenoxy) is 2. The molecule has 1 saturated heterocycles. The first-order valence-corrected chi connectivity index (χ1v) is 8.09. The molecule has 1 aliphatic rings. The molecule has 1 aliphatic heterocycles. The number of aryl methyl sites for hydroxylation is 1. The average Bonchev–Trinajstić information content (AvgIpc) is 3.40. The van der Waals surface area contributed by atoms with Crippen molar-refractivity contribution in [2.24, 2.45) is 0 Å². The maximum atomic E-state index is 12.9. The number of fused-ring (bicyclic) bond motifs is 1. The topological polar surface area (TPSA) is 95.1 Å². The molecule has 0 N–H and O–H groups in total. The molecule has 7 nitrogen and oxygen atoms in total. The summed E-state index contributed by atoms with van der Waals surface area (Å²) in [5.41, 5.74) is 1.15. The molecule has 132 valence electrons. The molecule has 7 heteroatoms. The van der Waals surface area contributed by atoms with Gasteiger partial charge in [-0.1, -0.05) is 0 Å². The van der Waals surface area contributed by atoms with Crippen molar-refractivity contribution >= 4 is 22.4 Å². The molecule has 4 rings (SSSR count). The van der Waals surface area contributed by atoms with Gasteiger partial charge in [0.25, 0.3) is 5.69 Å². The van der Waals surface area contributed by atoms with Crippen molar-refractivity contribution in [3.05, 3.63) is 69.5 Å². The zero-order valence-electron chi connectivity index (χ0n) is 13.9. The van der Waals surface area contributed by atoms with Gasteiger partial charge in [-0.15, -0.1) is 0 Å². The first-order chi connectivity index (χ1) is 12.5. The quantitative estimate of drug-likeness (QED) is 0.290. The van der Waals surface area contributed by atoms with E-state index in [1.54, 1.807) is 31.2 Å². The van der Waals surface area contributed by atoms with Crippen molar-refractivity contribution in [2.75, 3.05) is 13.2 Å². The van der Waals surface area contributed by atoms with Gasteiger partial charge in [0, 0.05) is 23.1 Å². The SMILES string of the molecule is Cc1oc2ccc([N+](=O)[O-])cc2c1C(=O)c1ccc(OCC2CO2)cc1. The van der Waals surface area contributed by atoms with Gasteiger partial charge in [-0.3, -0.25) is 14.9 Å². The molecular formula is C19H15NO6. The van der Waals surface area contributed by atoms with Crippen LogP contribution in [0.1, 0.15) is 21.7 Å². The van der Waals surface area contributed by atoms with Gasteiger partial charge in [-0.2, -0.15) is 0 Å². The van der Waals surface area contributed by atoms with E-state index in [9.17, 15) is 14.9 Å². The van der Waals surface area contributed by atoms with E-state index in [4.69, 9.17) is 13.9 Å². The minimum atomic E-state index is -0.494. The molecule has 3 aromatic rings. The van der Waals surface area contributed by atoms with Crippen molar-refractivity contribution in [3.63, 3.8) is 0 Å². The number of non-ortho nitro benzene ring substituents is 1. The number of epoxide rings is 1. The van der Waals surface area contributed by atoms with Gasteiger partial charge < -0.3 is 13.9 Å². The largest absolute Gasteiger partial charge is 0.491 e. The average molecular weight is 353 g/mol. The summed E-state index contributed by atoms with van der Waals surface area (Å²) in [4.78, 5) is 23.4. The number of nitro groups is 1. The highest BCUT2D eigenvalue weighted by Crippen LogP contribution is 2.31. The normalized spacial score (nSPS) is 15.8. The van der Waals surface area contributed by atoms with Crippen LogP contribution in [0.25, 0.3) is 11.0 Å². The predicted octanol–water partition coefficient (Wildman–Crippen LogP) is 3.66. The number of carbonyl (C=O) groups excluding carboxylic acids is 1. The second-order valence-electron chi connectivity index (χ2n) is 6.09. The first-order valence-electron chi connectivity index (χ1n) is 8.09. The number of carbonyl (C=O) groups is 1. The van der Waals surface area contributed by atoms with Crippen molar-refractivity contribution in [1.29, 1.82) is 0 Å². The maximum absolute atomic E-state index is 12.9. The molecule has 2 heterocycles. The van der Waals surface area contributed by atoms with Gasteiger partial charge >= 0.3 is 0 Å². The van der Waals surface area contributed by atoms with Crippen molar-refractivity contribution in [1.82, 2.24) is 0 Å². The Hall–Kier alpha value is -3.19. The Labute approximate surface area is 148 Å². The van der Waals surface area contributed by atoms with Crippen LogP contribution in [0.3, 0.4) is 0 Å². The van der Waals surface area contributed by atoms with Gasteiger partial charge in [-0.05, 0) is 37.3 Å². The van der Waals surface area contributed by atoms with Crippen molar-refractivity contribution < 1.29 is 23.6 Å². The Balaban J connectivity index is 1.65. The van der Waals surface area contributed by atoms with Crippen LogP contribution < -0.4 is 4.74 Å². The summed E-state index contributed by atoms with van der Waals surface area (Å²) in [6.45, 7) is 2.88. The molecule has 0 aliphatic carbocycles. The van der Waals surface area contributed by atoms with E-state index < -0.39 is 4.92 Å². The molecule has 1 unspecified atom stereocenters. The Kier molecular flexibility index (Phi) is 3.93. The number of hydrogen-bond donors (Lipinski definition) is 0. The number of benzene rings is 2. The summed E-state index contributed by atoms with van der Waals surface area (Å²) < 4.78 is 16.2. The molecule has 1 aromatic heterocycles. The van der Waals surface area contributed by atoms with E-state index in [0.29, 0.717) is 40.2 Å². The summed E-state index contributed by atoms with van der Waals surface area (Å²) >= 11 is 0. The third kappa shape index (κ3) is 3.04. The van der Waals surface area contributed by atoms with Crippen LogP contribution in [0.4, 0.5) is 5.69 Å². The smallest absolute Gasteiger partial charge is 0.270 e. The Morgan fingerprint density at radius 3 is 2.65 bits per heavy atom. The van der Waals surface area contributed by atoms with Crippen molar-refractivity contribution in [3.8, 4) is 5.75 Å². The monoisotopic (exact) mass is 353 g/mol. The lowest BCUT2D eigenvalue weighted by Crippen LogP contribution is -2.05. The second kappa shape index (κ2) is 6.27. The van der Waals surface area contributed by atoms with E-state index in [-0.39, 0.29) is 17.6 Å². The fraction of sp³-hybridized carbons (Fsp3) is 0.211. The van der Waals surface area contributed by atoms with E-state index in [1.807, 2.05) is 0 Å². The summed E-state index contributed by atoms with van der Waals surface area (Å²) in [5.74, 6) is 0.831. The predicted molar refractivity (Wildman–Crippen MR) is 92.7 cm³/mol. The number of rotatable bonds is 6. The maximum Gasteiger partial charge on any atom is 0.270 e. The van der Waals surface area contributed by atoms with Crippen LogP contribution in [0.5, 0.6) is 5.75 Å². The number of hydrogen-bond acceptors (Lipinski definition) is 6. The third-order valence-electron chi connectivity index (χ3n) is 4.24. The fourth-order valence-electron chi connectivity index (χ4n) is 2.80. The lowest BCUT2D eigenvalue weighted by Gasteiger charge is -2.05. The van der Waals surface area contributed by atoms with E-state index in [1.165, 1.54) is 18.2 Å². The van der Waals surface area contributed by atoms with Crippen LogP contribution >= 0.6 is 0 Å². The molecule has 0 radical (unpaired) electrons. The molecule has 26 heavy (non-hydrogen) atoms. The summed E-state index contributed by atoms with van der Waals surface area (Å²) in [6, 6.07) is 11.0. The zero-order chi connectivity index (χ0) is 18.3. The minimum absolute atomic E-state index is 0.0848. The van der Waals surface area contributed by atoms with Gasteiger partial charge in [0.15, 0.2) is 5.78 Å². The lowest BCUT2D eigenvalue weighted by atomic mass is 10.00. The first kappa shape index (κ1) is 16.3. The van der Waals surface area contributed by atoms with Crippen LogP contribution in [0.15, 0.2) is 46.9 Å². The van der Waals surface area contributed by atoms with Gasteiger partial charge in [-0.25, -0.2) is 0 Å². The minimum Gasteiger partial charge on any atom is -0.491 e. The standard InChI is InChI=1S/C19H15NO6/c1-11-18(16-8-13(20(22)23)4-7-17(16)26-11)19(21)12-2-5-14(6-3-12)24-9-15-10-25-15/h2-8,15H,9-10H2,1H3. The third-order valence-corrected chi connectivity index (χ3v) is 4.24. The Morgan fingerprint density at radius 2 is 2.00 bits per heavy atom. The Bertz CT molecular complexity index is 1000. The summed E-state index contributed by atoms with van der Waals surface area (Å²) in [7, 11) is 0. The van der Waals surface area contributed by atoms with E-state index >= 15 is 0 Å². The molecule has 1 fully saturated rings. The van der Waals surface area contributed by atoms with E-state index in [0.717, 1.165) is 6.61 Å². The molecular weight excluding hydrogens is 338 g/mol.